The monoisotopic (exact) mass is 267 g/mol. The van der Waals surface area contributed by atoms with E-state index in [-0.39, 0.29) is 11.8 Å². The molecule has 1 amide bonds. The molecule has 0 aliphatic heterocycles. The highest BCUT2D eigenvalue weighted by molar-refractivity contribution is 5.95. The average Bonchev–Trinajstić information content (AvgIpc) is 3.28. The lowest BCUT2D eigenvalue weighted by molar-refractivity contribution is -0.117. The van der Waals surface area contributed by atoms with Gasteiger partial charge in [0.25, 0.3) is 0 Å². The van der Waals surface area contributed by atoms with Gasteiger partial charge in [-0.05, 0) is 44.0 Å². The number of carbonyl (C=O) groups excluding carboxylic acids is 1. The van der Waals surface area contributed by atoms with Crippen LogP contribution in [0.5, 0.6) is 11.5 Å². The Bertz CT molecular complexity index is 615. The number of ether oxygens (including phenoxy) is 1. The molecule has 1 saturated carbocycles. The molecule has 1 N–H and O–H groups in total. The van der Waals surface area contributed by atoms with Gasteiger partial charge in [0.15, 0.2) is 5.75 Å². The van der Waals surface area contributed by atoms with Crippen molar-refractivity contribution in [1.82, 2.24) is 0 Å². The molecule has 0 aromatic heterocycles. The fourth-order valence-corrected chi connectivity index (χ4v) is 1.97. The van der Waals surface area contributed by atoms with E-state index < -0.39 is 0 Å². The topological polar surface area (TPSA) is 38.3 Å². The second kappa shape index (κ2) is 5.37. The van der Waals surface area contributed by atoms with Crippen LogP contribution in [0.3, 0.4) is 0 Å². The number of anilines is 1. The van der Waals surface area contributed by atoms with Crippen LogP contribution in [0.15, 0.2) is 48.5 Å². The Morgan fingerprint density at radius 2 is 1.80 bits per heavy atom. The van der Waals surface area contributed by atoms with Crippen molar-refractivity contribution in [3.63, 3.8) is 0 Å². The first-order valence-corrected chi connectivity index (χ1v) is 6.87. The predicted octanol–water partition coefficient (Wildman–Crippen LogP) is 4.14. The number of nitrogens with one attached hydrogen (secondary N) is 1. The van der Waals surface area contributed by atoms with Gasteiger partial charge in [-0.2, -0.15) is 0 Å². The molecule has 2 aromatic carbocycles. The summed E-state index contributed by atoms with van der Waals surface area (Å²) in [5.41, 5.74) is 1.91. The molecule has 0 heterocycles. The first-order chi connectivity index (χ1) is 9.72. The lowest BCUT2D eigenvalue weighted by atomic mass is 10.2. The predicted molar refractivity (Wildman–Crippen MR) is 79.0 cm³/mol. The van der Waals surface area contributed by atoms with Gasteiger partial charge >= 0.3 is 0 Å². The van der Waals surface area contributed by atoms with Gasteiger partial charge in [0.2, 0.25) is 5.91 Å². The third kappa shape index (κ3) is 2.99. The lowest BCUT2D eigenvalue weighted by Gasteiger charge is -2.12. The first kappa shape index (κ1) is 12.7. The maximum Gasteiger partial charge on any atom is 0.227 e. The molecule has 0 radical (unpaired) electrons. The van der Waals surface area contributed by atoms with Gasteiger partial charge in [0.1, 0.15) is 5.75 Å². The van der Waals surface area contributed by atoms with E-state index in [4.69, 9.17) is 4.74 Å². The van der Waals surface area contributed by atoms with Gasteiger partial charge < -0.3 is 10.1 Å². The standard InChI is InChI=1S/C17H17NO2/c1-12-6-10-14(11-7-12)20-16-5-3-2-4-15(16)18-17(19)13-8-9-13/h2-7,10-11,13H,8-9H2,1H3,(H,18,19). The van der Waals surface area contributed by atoms with Crippen LogP contribution in [0.1, 0.15) is 18.4 Å². The van der Waals surface area contributed by atoms with E-state index in [0.29, 0.717) is 5.75 Å². The number of hydrogen-bond acceptors (Lipinski definition) is 2. The van der Waals surface area contributed by atoms with Crippen molar-refractivity contribution in [2.75, 3.05) is 5.32 Å². The molecule has 1 aliphatic carbocycles. The van der Waals surface area contributed by atoms with Crippen molar-refractivity contribution in [3.8, 4) is 11.5 Å². The Balaban J connectivity index is 1.78. The molecule has 1 fully saturated rings. The number of amides is 1. The number of rotatable bonds is 4. The number of para-hydroxylation sites is 2. The molecule has 3 nitrogen and oxygen atoms in total. The summed E-state index contributed by atoms with van der Waals surface area (Å²) in [6.07, 6.45) is 1.99. The third-order valence-corrected chi connectivity index (χ3v) is 3.34. The summed E-state index contributed by atoms with van der Waals surface area (Å²) in [7, 11) is 0. The van der Waals surface area contributed by atoms with Gasteiger partial charge in [-0.3, -0.25) is 4.79 Å². The molecule has 102 valence electrons. The average molecular weight is 267 g/mol. The van der Waals surface area contributed by atoms with Gasteiger partial charge in [-0.15, -0.1) is 0 Å². The lowest BCUT2D eigenvalue weighted by Crippen LogP contribution is -2.13. The first-order valence-electron chi connectivity index (χ1n) is 6.87. The maximum absolute atomic E-state index is 11.9. The zero-order valence-corrected chi connectivity index (χ0v) is 11.4. The molecule has 3 rings (SSSR count). The fraction of sp³-hybridized carbons (Fsp3) is 0.235. The Kier molecular flexibility index (Phi) is 3.42. The van der Waals surface area contributed by atoms with Crippen LogP contribution in [0.25, 0.3) is 0 Å². The van der Waals surface area contributed by atoms with Crippen LogP contribution in [0.4, 0.5) is 5.69 Å². The normalized spacial score (nSPS) is 13.8. The second-order valence-corrected chi connectivity index (χ2v) is 5.17. The van der Waals surface area contributed by atoms with Crippen LogP contribution in [-0.2, 0) is 4.79 Å². The summed E-state index contributed by atoms with van der Waals surface area (Å²) in [5, 5.41) is 2.94. The zero-order chi connectivity index (χ0) is 13.9. The van der Waals surface area contributed by atoms with E-state index in [1.165, 1.54) is 5.56 Å². The van der Waals surface area contributed by atoms with Crippen LogP contribution in [0, 0.1) is 12.8 Å². The van der Waals surface area contributed by atoms with E-state index in [2.05, 4.69) is 5.32 Å². The minimum atomic E-state index is 0.0879. The highest BCUT2D eigenvalue weighted by Gasteiger charge is 2.30. The zero-order valence-electron chi connectivity index (χ0n) is 11.4. The van der Waals surface area contributed by atoms with Crippen molar-refractivity contribution in [1.29, 1.82) is 0 Å². The van der Waals surface area contributed by atoms with E-state index in [0.717, 1.165) is 24.3 Å². The summed E-state index contributed by atoms with van der Waals surface area (Å²) in [6.45, 7) is 2.04. The van der Waals surface area contributed by atoms with Crippen molar-refractivity contribution in [3.05, 3.63) is 54.1 Å². The number of carbonyl (C=O) groups is 1. The van der Waals surface area contributed by atoms with Gasteiger partial charge in [-0.1, -0.05) is 29.8 Å². The Hall–Kier alpha value is -2.29. The summed E-state index contributed by atoms with van der Waals surface area (Å²) < 4.78 is 5.85. The fourth-order valence-electron chi connectivity index (χ4n) is 1.97. The molecule has 0 saturated heterocycles. The number of benzene rings is 2. The Labute approximate surface area is 118 Å². The van der Waals surface area contributed by atoms with Crippen molar-refractivity contribution in [2.45, 2.75) is 19.8 Å². The molecular formula is C17H17NO2. The summed E-state index contributed by atoms with van der Waals surface area (Å²) in [5.74, 6) is 1.71. The molecule has 0 atom stereocenters. The van der Waals surface area contributed by atoms with Crippen molar-refractivity contribution >= 4 is 11.6 Å². The summed E-state index contributed by atoms with van der Waals surface area (Å²) >= 11 is 0. The summed E-state index contributed by atoms with van der Waals surface area (Å²) in [6, 6.07) is 15.4. The van der Waals surface area contributed by atoms with E-state index in [9.17, 15) is 4.79 Å². The van der Waals surface area contributed by atoms with Gasteiger partial charge in [-0.25, -0.2) is 0 Å². The molecule has 20 heavy (non-hydrogen) atoms. The van der Waals surface area contributed by atoms with E-state index in [1.54, 1.807) is 0 Å². The van der Waals surface area contributed by atoms with Crippen LogP contribution in [0.2, 0.25) is 0 Å². The molecule has 0 unspecified atom stereocenters. The Morgan fingerprint density at radius 3 is 2.50 bits per heavy atom. The maximum atomic E-state index is 11.9. The Morgan fingerprint density at radius 1 is 1.10 bits per heavy atom. The van der Waals surface area contributed by atoms with Crippen LogP contribution >= 0.6 is 0 Å². The number of aryl methyl sites for hydroxylation is 1. The van der Waals surface area contributed by atoms with Gasteiger partial charge in [0.05, 0.1) is 5.69 Å². The number of hydrogen-bond donors (Lipinski definition) is 1. The third-order valence-electron chi connectivity index (χ3n) is 3.34. The molecule has 2 aromatic rings. The van der Waals surface area contributed by atoms with Gasteiger partial charge in [0, 0.05) is 5.92 Å². The smallest absolute Gasteiger partial charge is 0.227 e. The van der Waals surface area contributed by atoms with Crippen LogP contribution < -0.4 is 10.1 Å². The second-order valence-electron chi connectivity index (χ2n) is 5.17. The molecular weight excluding hydrogens is 250 g/mol. The minimum absolute atomic E-state index is 0.0879. The molecule has 0 spiro atoms. The molecule has 3 heteroatoms. The van der Waals surface area contributed by atoms with Crippen LogP contribution in [-0.4, -0.2) is 5.91 Å². The molecule has 0 bridgehead atoms. The minimum Gasteiger partial charge on any atom is -0.455 e. The van der Waals surface area contributed by atoms with E-state index >= 15 is 0 Å². The quantitative estimate of drug-likeness (QED) is 0.904. The summed E-state index contributed by atoms with van der Waals surface area (Å²) in [4.78, 5) is 11.9. The van der Waals surface area contributed by atoms with E-state index in [1.807, 2.05) is 55.5 Å². The van der Waals surface area contributed by atoms with Crippen molar-refractivity contribution in [2.24, 2.45) is 5.92 Å². The highest BCUT2D eigenvalue weighted by atomic mass is 16.5. The SMILES string of the molecule is Cc1ccc(Oc2ccccc2NC(=O)C2CC2)cc1. The van der Waals surface area contributed by atoms with Crippen molar-refractivity contribution < 1.29 is 9.53 Å². The molecule has 1 aliphatic rings. The largest absolute Gasteiger partial charge is 0.455 e. The highest BCUT2D eigenvalue weighted by Crippen LogP contribution is 2.33.